The van der Waals surface area contributed by atoms with Crippen LogP contribution in [0.25, 0.3) is 0 Å². The van der Waals surface area contributed by atoms with Gasteiger partial charge < -0.3 is 14.8 Å². The highest BCUT2D eigenvalue weighted by molar-refractivity contribution is 5.29. The topological polar surface area (TPSA) is 37.3 Å². The zero-order valence-corrected chi connectivity index (χ0v) is 12.5. The summed E-state index contributed by atoms with van der Waals surface area (Å²) in [6.45, 7) is 9.78. The normalized spacial score (nSPS) is 15.8. The molecule has 2 rings (SSSR count). The van der Waals surface area contributed by atoms with Crippen molar-refractivity contribution >= 4 is 0 Å². The van der Waals surface area contributed by atoms with E-state index < -0.39 is 0 Å². The van der Waals surface area contributed by atoms with E-state index in [0.717, 1.165) is 31.6 Å². The molecule has 0 saturated heterocycles. The molecular weight excluding hydrogens is 238 g/mol. The van der Waals surface area contributed by atoms with Crippen molar-refractivity contribution < 1.29 is 0 Å². The molecular formula is C15H25N3O. The molecule has 1 aromatic heterocycles. The van der Waals surface area contributed by atoms with Crippen LogP contribution < -0.4 is 10.9 Å². The van der Waals surface area contributed by atoms with Gasteiger partial charge in [0, 0.05) is 43.4 Å². The van der Waals surface area contributed by atoms with Gasteiger partial charge in [-0.05, 0) is 39.1 Å². The second kappa shape index (κ2) is 5.88. The summed E-state index contributed by atoms with van der Waals surface area (Å²) < 4.78 is 2.00. The van der Waals surface area contributed by atoms with Gasteiger partial charge in [-0.1, -0.05) is 6.92 Å². The Hall–Kier alpha value is -1.13. The van der Waals surface area contributed by atoms with Crippen LogP contribution >= 0.6 is 0 Å². The summed E-state index contributed by atoms with van der Waals surface area (Å²) >= 11 is 0. The van der Waals surface area contributed by atoms with E-state index in [1.54, 1.807) is 0 Å². The van der Waals surface area contributed by atoms with E-state index in [9.17, 15) is 4.79 Å². The van der Waals surface area contributed by atoms with Crippen LogP contribution in [0.2, 0.25) is 0 Å². The van der Waals surface area contributed by atoms with Gasteiger partial charge in [-0.2, -0.15) is 0 Å². The Kier molecular flexibility index (Phi) is 4.42. The lowest BCUT2D eigenvalue weighted by molar-refractivity contribution is 0.301. The third kappa shape index (κ3) is 2.90. The van der Waals surface area contributed by atoms with E-state index in [1.807, 2.05) is 4.57 Å². The van der Waals surface area contributed by atoms with E-state index in [-0.39, 0.29) is 11.6 Å². The molecule has 1 aromatic rings. The van der Waals surface area contributed by atoms with Gasteiger partial charge in [0.05, 0.1) is 0 Å². The predicted octanol–water partition coefficient (Wildman–Crippen LogP) is 1.53. The highest BCUT2D eigenvalue weighted by atomic mass is 16.1. The highest BCUT2D eigenvalue weighted by Gasteiger charge is 2.20. The van der Waals surface area contributed by atoms with E-state index in [2.05, 4.69) is 44.1 Å². The van der Waals surface area contributed by atoms with Crippen LogP contribution in [0.4, 0.5) is 0 Å². The van der Waals surface area contributed by atoms with Gasteiger partial charge in [0.1, 0.15) is 0 Å². The second-order valence-electron chi connectivity index (χ2n) is 5.68. The van der Waals surface area contributed by atoms with E-state index in [1.165, 1.54) is 11.3 Å². The Morgan fingerprint density at radius 2 is 2.16 bits per heavy atom. The molecule has 0 aliphatic carbocycles. The Morgan fingerprint density at radius 3 is 2.79 bits per heavy atom. The number of rotatable bonds is 4. The third-order valence-electron chi connectivity index (χ3n) is 3.76. The Labute approximate surface area is 115 Å². The maximum Gasteiger partial charge on any atom is 0.255 e. The fraction of sp³-hybridized carbons (Fsp3) is 0.667. The average molecular weight is 263 g/mol. The first-order chi connectivity index (χ1) is 9.04. The van der Waals surface area contributed by atoms with Gasteiger partial charge in [0.15, 0.2) is 0 Å². The lowest BCUT2D eigenvalue weighted by atomic mass is 10.0. The standard InChI is InChI=1S/C15H25N3O/c1-5-16-9-12-8-13-10-17(4)7-6-14(13)18(11(2)3)15(12)19/h8,11,16H,5-7,9-10H2,1-4H3. The largest absolute Gasteiger partial charge is 0.313 e. The molecule has 106 valence electrons. The maximum absolute atomic E-state index is 12.6. The number of fused-ring (bicyclic) bond motifs is 1. The van der Waals surface area contributed by atoms with Crippen molar-refractivity contribution in [1.29, 1.82) is 0 Å². The Balaban J connectivity index is 2.51. The molecule has 0 radical (unpaired) electrons. The molecule has 4 nitrogen and oxygen atoms in total. The van der Waals surface area contributed by atoms with Gasteiger partial charge >= 0.3 is 0 Å². The van der Waals surface area contributed by atoms with Crippen molar-refractivity contribution in [3.8, 4) is 0 Å². The van der Waals surface area contributed by atoms with Crippen molar-refractivity contribution in [1.82, 2.24) is 14.8 Å². The summed E-state index contributed by atoms with van der Waals surface area (Å²) in [5.74, 6) is 0. The number of nitrogens with one attached hydrogen (secondary N) is 1. The molecule has 0 atom stereocenters. The van der Waals surface area contributed by atoms with E-state index >= 15 is 0 Å². The SMILES string of the molecule is CCNCc1cc2c(n(C(C)C)c1=O)CCN(C)C2. The Bertz CT molecular complexity index is 505. The molecule has 0 fully saturated rings. The number of pyridine rings is 1. The molecule has 0 saturated carbocycles. The molecule has 1 N–H and O–H groups in total. The Morgan fingerprint density at radius 1 is 1.42 bits per heavy atom. The minimum Gasteiger partial charge on any atom is -0.313 e. The molecule has 0 spiro atoms. The monoisotopic (exact) mass is 263 g/mol. The zero-order chi connectivity index (χ0) is 14.0. The summed E-state index contributed by atoms with van der Waals surface area (Å²) in [4.78, 5) is 14.9. The number of hydrogen-bond acceptors (Lipinski definition) is 3. The van der Waals surface area contributed by atoms with Crippen molar-refractivity contribution in [2.75, 3.05) is 20.1 Å². The summed E-state index contributed by atoms with van der Waals surface area (Å²) in [6, 6.07) is 2.33. The van der Waals surface area contributed by atoms with Crippen LogP contribution in [0.15, 0.2) is 10.9 Å². The average Bonchev–Trinajstić information content (AvgIpc) is 2.36. The van der Waals surface area contributed by atoms with Crippen LogP contribution in [0.3, 0.4) is 0 Å². The van der Waals surface area contributed by atoms with Crippen molar-refractivity contribution in [3.05, 3.63) is 33.2 Å². The lowest BCUT2D eigenvalue weighted by Crippen LogP contribution is -2.37. The second-order valence-corrected chi connectivity index (χ2v) is 5.68. The van der Waals surface area contributed by atoms with Crippen LogP contribution in [0.1, 0.15) is 43.6 Å². The van der Waals surface area contributed by atoms with Crippen molar-refractivity contribution in [2.45, 2.75) is 46.3 Å². The van der Waals surface area contributed by atoms with Crippen molar-refractivity contribution in [3.63, 3.8) is 0 Å². The first-order valence-corrected chi connectivity index (χ1v) is 7.20. The van der Waals surface area contributed by atoms with Crippen LogP contribution in [-0.4, -0.2) is 29.6 Å². The minimum atomic E-state index is 0.180. The number of likely N-dealkylation sites (N-methyl/N-ethyl adjacent to an activating group) is 1. The molecule has 0 bridgehead atoms. The lowest BCUT2D eigenvalue weighted by Gasteiger charge is -2.29. The van der Waals surface area contributed by atoms with Gasteiger partial charge in [0.2, 0.25) is 0 Å². The highest BCUT2D eigenvalue weighted by Crippen LogP contribution is 2.20. The molecule has 0 unspecified atom stereocenters. The van der Waals surface area contributed by atoms with Crippen LogP contribution in [0.5, 0.6) is 0 Å². The van der Waals surface area contributed by atoms with Crippen LogP contribution in [0, 0.1) is 0 Å². The molecule has 0 aromatic carbocycles. The molecule has 19 heavy (non-hydrogen) atoms. The summed E-state index contributed by atoms with van der Waals surface area (Å²) in [7, 11) is 2.14. The summed E-state index contributed by atoms with van der Waals surface area (Å²) in [5.41, 5.74) is 3.62. The molecule has 1 aliphatic heterocycles. The summed E-state index contributed by atoms with van der Waals surface area (Å²) in [5, 5.41) is 3.26. The molecule has 0 amide bonds. The zero-order valence-electron chi connectivity index (χ0n) is 12.5. The molecule has 2 heterocycles. The fourth-order valence-corrected chi connectivity index (χ4v) is 2.80. The van der Waals surface area contributed by atoms with Gasteiger partial charge in [-0.3, -0.25) is 4.79 Å². The van der Waals surface area contributed by atoms with Gasteiger partial charge in [0.25, 0.3) is 5.56 Å². The molecule has 1 aliphatic rings. The minimum absolute atomic E-state index is 0.180. The number of aromatic nitrogens is 1. The smallest absolute Gasteiger partial charge is 0.255 e. The van der Waals surface area contributed by atoms with E-state index in [0.29, 0.717) is 6.54 Å². The van der Waals surface area contributed by atoms with Crippen molar-refractivity contribution in [2.24, 2.45) is 0 Å². The number of hydrogen-bond donors (Lipinski definition) is 1. The quantitative estimate of drug-likeness (QED) is 0.895. The fourth-order valence-electron chi connectivity index (χ4n) is 2.80. The predicted molar refractivity (Wildman–Crippen MR) is 78.5 cm³/mol. The summed E-state index contributed by atoms with van der Waals surface area (Å²) in [6.07, 6.45) is 0.973. The first kappa shape index (κ1) is 14.3. The van der Waals surface area contributed by atoms with Crippen LogP contribution in [-0.2, 0) is 19.5 Å². The van der Waals surface area contributed by atoms with E-state index in [4.69, 9.17) is 0 Å². The van der Waals surface area contributed by atoms with Gasteiger partial charge in [-0.25, -0.2) is 0 Å². The third-order valence-corrected chi connectivity index (χ3v) is 3.76. The van der Waals surface area contributed by atoms with Gasteiger partial charge in [-0.15, -0.1) is 0 Å². The number of nitrogens with zero attached hydrogens (tertiary/aromatic N) is 2. The molecule has 4 heteroatoms. The first-order valence-electron chi connectivity index (χ1n) is 7.20. The maximum atomic E-state index is 12.6.